The van der Waals surface area contributed by atoms with Crippen molar-refractivity contribution in [2.75, 3.05) is 0 Å². The molecule has 2 nitrogen and oxygen atoms in total. The normalized spacial score (nSPS) is 11.6. The minimum absolute atomic E-state index is 0.128. The Bertz CT molecular complexity index is 767. The van der Waals surface area contributed by atoms with Gasteiger partial charge in [-0.1, -0.05) is 30.3 Å². The van der Waals surface area contributed by atoms with Crippen LogP contribution in [0.15, 0.2) is 36.4 Å². The Morgan fingerprint density at radius 3 is 2.17 bits per heavy atom. The first-order chi connectivity index (χ1) is 10.8. The van der Waals surface area contributed by atoms with Crippen LogP contribution in [-0.2, 0) is 6.42 Å². The highest BCUT2D eigenvalue weighted by Crippen LogP contribution is 2.24. The maximum Gasteiger partial charge on any atom is 0.160 e. The molecule has 2 rings (SSSR count). The SMILES string of the molecule is C/C=C(\N)c1ccc(Cc2cc(C(C)=O)c(C)c(C)c2C)cc1. The van der Waals surface area contributed by atoms with Crippen LogP contribution < -0.4 is 5.73 Å². The number of hydrogen-bond donors (Lipinski definition) is 1. The third-order valence-corrected chi connectivity index (χ3v) is 4.70. The van der Waals surface area contributed by atoms with Gasteiger partial charge in [0.1, 0.15) is 0 Å². The quantitative estimate of drug-likeness (QED) is 0.830. The van der Waals surface area contributed by atoms with Crippen LogP contribution >= 0.6 is 0 Å². The topological polar surface area (TPSA) is 43.1 Å². The minimum Gasteiger partial charge on any atom is -0.399 e. The molecule has 0 bridgehead atoms. The van der Waals surface area contributed by atoms with Crippen molar-refractivity contribution in [2.45, 2.75) is 41.0 Å². The van der Waals surface area contributed by atoms with E-state index in [1.165, 1.54) is 22.3 Å². The standard InChI is InChI=1S/C21H25NO/c1-6-21(22)18-9-7-17(8-10-18)11-19-12-20(16(5)23)15(4)13(2)14(19)3/h6-10,12H,11,22H2,1-5H3/b21-6-. The number of rotatable bonds is 4. The van der Waals surface area contributed by atoms with E-state index in [-0.39, 0.29) is 5.78 Å². The number of Topliss-reactive ketones (excluding diaryl/α,β-unsaturated/α-hetero) is 1. The molecule has 0 unspecified atom stereocenters. The lowest BCUT2D eigenvalue weighted by Gasteiger charge is -2.15. The van der Waals surface area contributed by atoms with E-state index in [1.54, 1.807) is 6.92 Å². The van der Waals surface area contributed by atoms with Crippen LogP contribution in [0.2, 0.25) is 0 Å². The lowest BCUT2D eigenvalue weighted by Crippen LogP contribution is -2.05. The van der Waals surface area contributed by atoms with Gasteiger partial charge in [0.2, 0.25) is 0 Å². The predicted molar refractivity (Wildman–Crippen MR) is 97.7 cm³/mol. The van der Waals surface area contributed by atoms with Gasteiger partial charge in [-0.25, -0.2) is 0 Å². The molecule has 0 spiro atoms. The Morgan fingerprint density at radius 2 is 1.65 bits per heavy atom. The third kappa shape index (κ3) is 3.53. The molecule has 0 saturated heterocycles. The van der Waals surface area contributed by atoms with E-state index in [2.05, 4.69) is 26.0 Å². The average Bonchev–Trinajstić information content (AvgIpc) is 2.55. The van der Waals surface area contributed by atoms with Gasteiger partial charge in [-0.3, -0.25) is 4.79 Å². The van der Waals surface area contributed by atoms with Crippen LogP contribution in [0.25, 0.3) is 5.70 Å². The summed E-state index contributed by atoms with van der Waals surface area (Å²) in [5, 5.41) is 0. The Kier molecular flexibility index (Phi) is 5.05. The van der Waals surface area contributed by atoms with E-state index >= 15 is 0 Å². The summed E-state index contributed by atoms with van der Waals surface area (Å²) < 4.78 is 0. The van der Waals surface area contributed by atoms with Crippen LogP contribution in [-0.4, -0.2) is 5.78 Å². The molecule has 23 heavy (non-hydrogen) atoms. The van der Waals surface area contributed by atoms with Gasteiger partial charge in [-0.2, -0.15) is 0 Å². The molecule has 2 aromatic rings. The molecular weight excluding hydrogens is 282 g/mol. The molecule has 0 aromatic heterocycles. The van der Waals surface area contributed by atoms with Crippen LogP contribution in [0.5, 0.6) is 0 Å². The fraction of sp³-hybridized carbons (Fsp3) is 0.286. The van der Waals surface area contributed by atoms with Crippen LogP contribution in [0.3, 0.4) is 0 Å². The van der Waals surface area contributed by atoms with Gasteiger partial charge < -0.3 is 5.73 Å². The molecule has 0 fully saturated rings. The zero-order valence-electron chi connectivity index (χ0n) is 14.7. The predicted octanol–water partition coefficient (Wildman–Crippen LogP) is 4.72. The largest absolute Gasteiger partial charge is 0.399 e. The second kappa shape index (κ2) is 6.82. The molecule has 2 heteroatoms. The number of nitrogens with two attached hydrogens (primary N) is 1. The molecule has 0 aliphatic rings. The van der Waals surface area contributed by atoms with E-state index in [1.807, 2.05) is 38.1 Å². The van der Waals surface area contributed by atoms with Crippen LogP contribution in [0.1, 0.15) is 57.6 Å². The zero-order chi connectivity index (χ0) is 17.1. The molecule has 0 aliphatic heterocycles. The fourth-order valence-electron chi connectivity index (χ4n) is 2.87. The second-order valence-electron chi connectivity index (χ2n) is 6.13. The molecule has 2 N–H and O–H groups in total. The van der Waals surface area contributed by atoms with Crippen molar-refractivity contribution >= 4 is 11.5 Å². The molecule has 0 heterocycles. The smallest absolute Gasteiger partial charge is 0.160 e. The average molecular weight is 307 g/mol. The molecule has 0 amide bonds. The number of carbonyl (C=O) groups is 1. The van der Waals surface area contributed by atoms with Gasteiger partial charge in [0.25, 0.3) is 0 Å². The van der Waals surface area contributed by atoms with Gasteiger partial charge in [0, 0.05) is 11.3 Å². The summed E-state index contributed by atoms with van der Waals surface area (Å²) in [6.07, 6.45) is 2.73. The van der Waals surface area contributed by atoms with Gasteiger partial charge >= 0.3 is 0 Å². The molecule has 0 aliphatic carbocycles. The van der Waals surface area contributed by atoms with Crippen molar-refractivity contribution in [2.24, 2.45) is 5.73 Å². The van der Waals surface area contributed by atoms with Crippen molar-refractivity contribution in [1.29, 1.82) is 0 Å². The first-order valence-corrected chi connectivity index (χ1v) is 7.96. The lowest BCUT2D eigenvalue weighted by molar-refractivity contribution is 0.101. The molecule has 120 valence electrons. The van der Waals surface area contributed by atoms with Crippen molar-refractivity contribution < 1.29 is 4.79 Å². The maximum atomic E-state index is 11.9. The van der Waals surface area contributed by atoms with Gasteiger partial charge in [0.05, 0.1) is 0 Å². The van der Waals surface area contributed by atoms with E-state index in [0.717, 1.165) is 28.8 Å². The fourth-order valence-corrected chi connectivity index (χ4v) is 2.87. The van der Waals surface area contributed by atoms with Crippen molar-refractivity contribution in [3.8, 4) is 0 Å². The summed E-state index contributed by atoms with van der Waals surface area (Å²) in [5.41, 5.74) is 14.6. The number of benzene rings is 2. The highest BCUT2D eigenvalue weighted by Gasteiger charge is 2.12. The number of ketones is 1. The van der Waals surface area contributed by atoms with Crippen molar-refractivity contribution in [1.82, 2.24) is 0 Å². The summed E-state index contributed by atoms with van der Waals surface area (Å²) >= 11 is 0. The number of carbonyl (C=O) groups excluding carboxylic acids is 1. The Morgan fingerprint density at radius 1 is 1.04 bits per heavy atom. The van der Waals surface area contributed by atoms with E-state index < -0.39 is 0 Å². The van der Waals surface area contributed by atoms with Crippen molar-refractivity contribution in [3.63, 3.8) is 0 Å². The van der Waals surface area contributed by atoms with E-state index in [9.17, 15) is 4.79 Å². The second-order valence-corrected chi connectivity index (χ2v) is 6.13. The van der Waals surface area contributed by atoms with E-state index in [4.69, 9.17) is 5.73 Å². The summed E-state index contributed by atoms with van der Waals surface area (Å²) in [5.74, 6) is 0.128. The Hall–Kier alpha value is -2.35. The van der Waals surface area contributed by atoms with Gasteiger partial charge in [0.15, 0.2) is 5.78 Å². The monoisotopic (exact) mass is 307 g/mol. The van der Waals surface area contributed by atoms with Crippen LogP contribution in [0, 0.1) is 20.8 Å². The number of hydrogen-bond acceptors (Lipinski definition) is 2. The lowest BCUT2D eigenvalue weighted by atomic mass is 9.89. The first-order valence-electron chi connectivity index (χ1n) is 7.96. The summed E-state index contributed by atoms with van der Waals surface area (Å²) in [6, 6.07) is 10.4. The maximum absolute atomic E-state index is 11.9. The first kappa shape index (κ1) is 17.0. The molecule has 0 atom stereocenters. The Labute approximate surface area is 139 Å². The molecular formula is C21H25NO. The highest BCUT2D eigenvalue weighted by atomic mass is 16.1. The summed E-state index contributed by atoms with van der Waals surface area (Å²) in [4.78, 5) is 11.9. The highest BCUT2D eigenvalue weighted by molar-refractivity contribution is 5.96. The third-order valence-electron chi connectivity index (χ3n) is 4.70. The van der Waals surface area contributed by atoms with Crippen LogP contribution in [0.4, 0.5) is 0 Å². The molecule has 2 aromatic carbocycles. The number of allylic oxidation sites excluding steroid dienone is 1. The summed E-state index contributed by atoms with van der Waals surface area (Å²) in [6.45, 7) is 9.82. The minimum atomic E-state index is 0.128. The summed E-state index contributed by atoms with van der Waals surface area (Å²) in [7, 11) is 0. The molecule has 0 saturated carbocycles. The Balaban J connectivity index is 2.38. The van der Waals surface area contributed by atoms with Gasteiger partial charge in [-0.05, 0) is 80.5 Å². The van der Waals surface area contributed by atoms with Gasteiger partial charge in [-0.15, -0.1) is 0 Å². The van der Waals surface area contributed by atoms with Crippen molar-refractivity contribution in [3.05, 3.63) is 75.4 Å². The molecule has 0 radical (unpaired) electrons. The van der Waals surface area contributed by atoms with E-state index in [0.29, 0.717) is 0 Å². The zero-order valence-corrected chi connectivity index (χ0v) is 14.7.